The first kappa shape index (κ1) is 17.4. The van der Waals surface area contributed by atoms with Gasteiger partial charge in [0, 0.05) is 17.5 Å². The SMILES string of the molecule is CNC(CSSCCOC(=O)NC(C)C)C(=O)O. The van der Waals surface area contributed by atoms with Crippen molar-refractivity contribution in [3.8, 4) is 0 Å². The van der Waals surface area contributed by atoms with E-state index in [1.165, 1.54) is 21.6 Å². The van der Waals surface area contributed by atoms with E-state index in [1.807, 2.05) is 13.8 Å². The molecule has 0 aliphatic rings. The smallest absolute Gasteiger partial charge is 0.407 e. The van der Waals surface area contributed by atoms with Crippen molar-refractivity contribution in [1.29, 1.82) is 0 Å². The number of carbonyl (C=O) groups excluding carboxylic acids is 1. The summed E-state index contributed by atoms with van der Waals surface area (Å²) in [6.45, 7) is 4.03. The average Bonchev–Trinajstić information content (AvgIpc) is 2.26. The Morgan fingerprint density at radius 2 is 2.00 bits per heavy atom. The van der Waals surface area contributed by atoms with Crippen molar-refractivity contribution >= 4 is 33.7 Å². The van der Waals surface area contributed by atoms with Crippen molar-refractivity contribution in [2.75, 3.05) is 25.2 Å². The molecule has 0 aliphatic heterocycles. The summed E-state index contributed by atoms with van der Waals surface area (Å²) < 4.78 is 4.92. The number of rotatable bonds is 9. The van der Waals surface area contributed by atoms with Crippen LogP contribution in [-0.2, 0) is 9.53 Å². The van der Waals surface area contributed by atoms with Gasteiger partial charge in [0.2, 0.25) is 0 Å². The van der Waals surface area contributed by atoms with E-state index in [4.69, 9.17) is 9.84 Å². The van der Waals surface area contributed by atoms with E-state index in [0.717, 1.165) is 0 Å². The van der Waals surface area contributed by atoms with Crippen molar-refractivity contribution in [3.63, 3.8) is 0 Å². The number of carboxylic acid groups (broad SMARTS) is 1. The lowest BCUT2D eigenvalue weighted by molar-refractivity contribution is -0.138. The van der Waals surface area contributed by atoms with Crippen molar-refractivity contribution in [3.05, 3.63) is 0 Å². The molecule has 18 heavy (non-hydrogen) atoms. The lowest BCUT2D eigenvalue weighted by Gasteiger charge is -2.10. The topological polar surface area (TPSA) is 87.7 Å². The zero-order valence-corrected chi connectivity index (χ0v) is 12.4. The van der Waals surface area contributed by atoms with Crippen LogP contribution >= 0.6 is 21.6 Å². The van der Waals surface area contributed by atoms with E-state index in [-0.39, 0.29) is 6.04 Å². The number of hydrogen-bond acceptors (Lipinski definition) is 6. The molecule has 106 valence electrons. The molecule has 0 fully saturated rings. The van der Waals surface area contributed by atoms with Gasteiger partial charge in [-0.05, 0) is 20.9 Å². The van der Waals surface area contributed by atoms with E-state index in [2.05, 4.69) is 10.6 Å². The van der Waals surface area contributed by atoms with Gasteiger partial charge in [0.15, 0.2) is 0 Å². The number of alkyl carbamates (subject to hydrolysis) is 1. The minimum absolute atomic E-state index is 0.0616. The van der Waals surface area contributed by atoms with Gasteiger partial charge in [0.25, 0.3) is 0 Å². The molecule has 1 unspecified atom stereocenters. The highest BCUT2D eigenvalue weighted by molar-refractivity contribution is 8.76. The fraction of sp³-hybridized carbons (Fsp3) is 0.800. The molecule has 0 bridgehead atoms. The number of nitrogens with one attached hydrogen (secondary N) is 2. The summed E-state index contributed by atoms with van der Waals surface area (Å²) in [5, 5.41) is 14.1. The molecule has 1 amide bonds. The highest BCUT2D eigenvalue weighted by Crippen LogP contribution is 2.21. The summed E-state index contributed by atoms with van der Waals surface area (Å²) >= 11 is 0. The summed E-state index contributed by atoms with van der Waals surface area (Å²) in [5.41, 5.74) is 0. The average molecular weight is 296 g/mol. The van der Waals surface area contributed by atoms with Gasteiger partial charge in [-0.15, -0.1) is 0 Å². The normalized spacial score (nSPS) is 12.2. The Morgan fingerprint density at radius 3 is 2.50 bits per heavy atom. The second kappa shape index (κ2) is 10.3. The molecule has 3 N–H and O–H groups in total. The number of likely N-dealkylation sites (N-methyl/N-ethyl adjacent to an activating group) is 1. The largest absolute Gasteiger partial charge is 0.480 e. The van der Waals surface area contributed by atoms with Gasteiger partial charge < -0.3 is 20.5 Å². The van der Waals surface area contributed by atoms with Crippen molar-refractivity contribution in [2.45, 2.75) is 25.9 Å². The number of carbonyl (C=O) groups is 2. The van der Waals surface area contributed by atoms with Crippen LogP contribution < -0.4 is 10.6 Å². The fourth-order valence-corrected chi connectivity index (χ4v) is 2.96. The van der Waals surface area contributed by atoms with E-state index < -0.39 is 18.1 Å². The lowest BCUT2D eigenvalue weighted by Crippen LogP contribution is -2.35. The Labute approximate surface area is 115 Å². The standard InChI is InChI=1S/C10H20N2O4S2/c1-7(2)12-10(15)16-4-5-17-18-6-8(11-3)9(13)14/h7-8,11H,4-6H2,1-3H3,(H,12,15)(H,13,14). The summed E-state index contributed by atoms with van der Waals surface area (Å²) in [4.78, 5) is 21.8. The molecule has 6 nitrogen and oxygen atoms in total. The van der Waals surface area contributed by atoms with Crippen molar-refractivity contribution in [2.24, 2.45) is 0 Å². The first-order valence-corrected chi connectivity index (χ1v) is 8.04. The first-order chi connectivity index (χ1) is 8.47. The van der Waals surface area contributed by atoms with Gasteiger partial charge in [0.05, 0.1) is 0 Å². The zero-order chi connectivity index (χ0) is 14.0. The number of amides is 1. The van der Waals surface area contributed by atoms with Crippen LogP contribution in [0.4, 0.5) is 4.79 Å². The molecule has 0 radical (unpaired) electrons. The Hall–Kier alpha value is -0.600. The molecule has 0 aliphatic carbocycles. The van der Waals surface area contributed by atoms with Crippen LogP contribution in [0.15, 0.2) is 0 Å². The second-order valence-electron chi connectivity index (χ2n) is 3.72. The molecule has 0 saturated carbocycles. The maximum absolute atomic E-state index is 11.1. The van der Waals surface area contributed by atoms with Crippen LogP contribution in [0, 0.1) is 0 Å². The fourth-order valence-electron chi connectivity index (χ4n) is 0.899. The Morgan fingerprint density at radius 1 is 1.33 bits per heavy atom. The Kier molecular flexibility index (Phi) is 9.99. The highest BCUT2D eigenvalue weighted by atomic mass is 33.1. The quantitative estimate of drug-likeness (QED) is 0.435. The molecule has 0 spiro atoms. The molecule has 0 heterocycles. The maximum Gasteiger partial charge on any atom is 0.407 e. The number of aliphatic carboxylic acids is 1. The van der Waals surface area contributed by atoms with Crippen molar-refractivity contribution < 1.29 is 19.4 Å². The van der Waals surface area contributed by atoms with Crippen LogP contribution in [0.5, 0.6) is 0 Å². The third-order valence-corrected chi connectivity index (χ3v) is 4.15. The molecular weight excluding hydrogens is 276 g/mol. The molecule has 0 aromatic carbocycles. The van der Waals surface area contributed by atoms with Crippen LogP contribution in [0.1, 0.15) is 13.8 Å². The van der Waals surface area contributed by atoms with Gasteiger partial charge in [0.1, 0.15) is 12.6 Å². The van der Waals surface area contributed by atoms with Gasteiger partial charge >= 0.3 is 12.1 Å². The van der Waals surface area contributed by atoms with Crippen LogP contribution in [0.25, 0.3) is 0 Å². The van der Waals surface area contributed by atoms with E-state index in [1.54, 1.807) is 7.05 Å². The Balaban J connectivity index is 3.46. The predicted molar refractivity (Wildman–Crippen MR) is 75.0 cm³/mol. The lowest BCUT2D eigenvalue weighted by atomic mass is 10.3. The minimum Gasteiger partial charge on any atom is -0.480 e. The number of ether oxygens (including phenoxy) is 1. The summed E-state index contributed by atoms with van der Waals surface area (Å²) in [5.74, 6) is 0.235. The van der Waals surface area contributed by atoms with Gasteiger partial charge in [-0.2, -0.15) is 0 Å². The van der Waals surface area contributed by atoms with Crippen LogP contribution in [0.3, 0.4) is 0 Å². The van der Waals surface area contributed by atoms with Crippen molar-refractivity contribution in [1.82, 2.24) is 10.6 Å². The Bertz CT molecular complexity index is 264. The summed E-state index contributed by atoms with van der Waals surface area (Å²) in [6.07, 6.45) is -0.422. The van der Waals surface area contributed by atoms with Gasteiger partial charge in [-0.25, -0.2) is 4.79 Å². The number of hydrogen-bond donors (Lipinski definition) is 3. The first-order valence-electron chi connectivity index (χ1n) is 5.55. The molecule has 1 atom stereocenters. The molecule has 0 saturated heterocycles. The number of carboxylic acids is 1. The zero-order valence-electron chi connectivity index (χ0n) is 10.8. The third kappa shape index (κ3) is 9.43. The molecule has 0 rings (SSSR count). The van der Waals surface area contributed by atoms with E-state index in [0.29, 0.717) is 18.1 Å². The predicted octanol–water partition coefficient (Wildman–Crippen LogP) is 1.18. The van der Waals surface area contributed by atoms with Gasteiger partial charge in [-0.3, -0.25) is 4.79 Å². The monoisotopic (exact) mass is 296 g/mol. The third-order valence-electron chi connectivity index (χ3n) is 1.77. The minimum atomic E-state index is -0.863. The molecular formula is C10H20N2O4S2. The molecule has 0 aromatic rings. The van der Waals surface area contributed by atoms with Crippen LogP contribution in [-0.4, -0.2) is 54.4 Å². The summed E-state index contributed by atoms with van der Waals surface area (Å²) in [6, 6.07) is -0.487. The summed E-state index contributed by atoms with van der Waals surface area (Å²) in [7, 11) is 4.54. The van der Waals surface area contributed by atoms with E-state index in [9.17, 15) is 9.59 Å². The second-order valence-corrected chi connectivity index (χ2v) is 6.35. The molecule has 8 heteroatoms. The van der Waals surface area contributed by atoms with Crippen LogP contribution in [0.2, 0.25) is 0 Å². The maximum atomic E-state index is 11.1. The van der Waals surface area contributed by atoms with E-state index >= 15 is 0 Å². The van der Waals surface area contributed by atoms with Gasteiger partial charge in [-0.1, -0.05) is 21.6 Å². The highest BCUT2D eigenvalue weighted by Gasteiger charge is 2.14. The molecule has 0 aromatic heterocycles.